The number of carbonyl (C=O) groups is 2. The van der Waals surface area contributed by atoms with Crippen LogP contribution in [0.4, 0.5) is 0 Å². The smallest absolute Gasteiger partial charge is 0.276 e. The summed E-state index contributed by atoms with van der Waals surface area (Å²) in [5.74, 6) is 0.692. The van der Waals surface area contributed by atoms with Crippen molar-refractivity contribution in [1.82, 2.24) is 15.0 Å². The minimum absolute atomic E-state index is 0.0453. The van der Waals surface area contributed by atoms with Gasteiger partial charge in [-0.15, -0.1) is 0 Å². The molecule has 2 aromatic rings. The zero-order chi connectivity index (χ0) is 19.5. The number of aromatic nitrogens is 1. The third-order valence-electron chi connectivity index (χ3n) is 6.18. The van der Waals surface area contributed by atoms with Gasteiger partial charge in [-0.25, -0.2) is 0 Å². The van der Waals surface area contributed by atoms with Gasteiger partial charge in [0.1, 0.15) is 11.9 Å². The van der Waals surface area contributed by atoms with Crippen molar-refractivity contribution in [3.8, 4) is 0 Å². The SMILES string of the molecule is CC(C)c1cc(C(=O)N2CC[C@@]34O[C@@H](c5ccccc5)CN3C(=O)C[C@@H]24)no1. The van der Waals surface area contributed by atoms with Crippen molar-refractivity contribution in [3.63, 3.8) is 0 Å². The van der Waals surface area contributed by atoms with E-state index >= 15 is 0 Å². The summed E-state index contributed by atoms with van der Waals surface area (Å²) in [4.78, 5) is 29.4. The van der Waals surface area contributed by atoms with E-state index in [1.165, 1.54) is 0 Å². The van der Waals surface area contributed by atoms with Crippen molar-refractivity contribution in [2.24, 2.45) is 0 Å². The molecule has 0 radical (unpaired) electrons. The Hall–Kier alpha value is -2.67. The monoisotopic (exact) mass is 381 g/mol. The number of hydrogen-bond donors (Lipinski definition) is 0. The van der Waals surface area contributed by atoms with Gasteiger partial charge in [0.25, 0.3) is 5.91 Å². The highest BCUT2D eigenvalue weighted by molar-refractivity contribution is 5.94. The summed E-state index contributed by atoms with van der Waals surface area (Å²) in [5, 5.41) is 3.96. The van der Waals surface area contributed by atoms with Crippen LogP contribution in [-0.4, -0.2) is 51.6 Å². The lowest BCUT2D eigenvalue weighted by molar-refractivity contribution is -0.138. The molecule has 0 unspecified atom stereocenters. The lowest BCUT2D eigenvalue weighted by atomic mass is 10.1. The molecule has 3 atom stereocenters. The van der Waals surface area contributed by atoms with Gasteiger partial charge in [0.2, 0.25) is 5.91 Å². The normalized spacial score (nSPS) is 28.9. The number of ether oxygens (including phenoxy) is 1. The molecule has 1 aromatic heterocycles. The maximum Gasteiger partial charge on any atom is 0.276 e. The first-order valence-corrected chi connectivity index (χ1v) is 9.80. The predicted molar refractivity (Wildman–Crippen MR) is 99.4 cm³/mol. The number of rotatable bonds is 3. The van der Waals surface area contributed by atoms with Gasteiger partial charge in [-0.2, -0.15) is 0 Å². The molecule has 1 aromatic carbocycles. The minimum atomic E-state index is -0.724. The second-order valence-corrected chi connectivity index (χ2v) is 8.10. The molecule has 1 spiro atoms. The van der Waals surface area contributed by atoms with E-state index in [9.17, 15) is 9.59 Å². The Labute approximate surface area is 163 Å². The molecular formula is C21H23N3O4. The number of amides is 2. The van der Waals surface area contributed by atoms with Gasteiger partial charge in [0.15, 0.2) is 11.4 Å². The first kappa shape index (κ1) is 17.4. The highest BCUT2D eigenvalue weighted by Crippen LogP contribution is 2.50. The van der Waals surface area contributed by atoms with Gasteiger partial charge >= 0.3 is 0 Å². The van der Waals surface area contributed by atoms with Crippen LogP contribution in [0.1, 0.15) is 60.5 Å². The average molecular weight is 381 g/mol. The van der Waals surface area contributed by atoms with Crippen LogP contribution in [0.3, 0.4) is 0 Å². The lowest BCUT2D eigenvalue weighted by Gasteiger charge is -2.31. The van der Waals surface area contributed by atoms with Crippen LogP contribution in [0.2, 0.25) is 0 Å². The van der Waals surface area contributed by atoms with Crippen molar-refractivity contribution >= 4 is 11.8 Å². The van der Waals surface area contributed by atoms with Gasteiger partial charge < -0.3 is 19.1 Å². The van der Waals surface area contributed by atoms with E-state index in [0.29, 0.717) is 37.4 Å². The zero-order valence-electron chi connectivity index (χ0n) is 16.0. The summed E-state index contributed by atoms with van der Waals surface area (Å²) in [6, 6.07) is 11.4. The van der Waals surface area contributed by atoms with Crippen LogP contribution >= 0.6 is 0 Å². The molecule has 0 N–H and O–H groups in total. The summed E-state index contributed by atoms with van der Waals surface area (Å²) in [7, 11) is 0. The topological polar surface area (TPSA) is 75.9 Å². The Morgan fingerprint density at radius 2 is 2.07 bits per heavy atom. The third-order valence-corrected chi connectivity index (χ3v) is 6.18. The van der Waals surface area contributed by atoms with Crippen LogP contribution < -0.4 is 0 Å². The number of benzene rings is 1. The zero-order valence-corrected chi connectivity index (χ0v) is 16.0. The quantitative estimate of drug-likeness (QED) is 0.817. The molecule has 4 heterocycles. The van der Waals surface area contributed by atoms with E-state index in [1.54, 1.807) is 11.0 Å². The standard InChI is InChI=1S/C21H23N3O4/c1-13(2)16-10-15(22-28-16)20(26)23-9-8-21-18(23)11-19(25)24(21)12-17(27-21)14-6-4-3-5-7-14/h3-7,10,13,17-18H,8-9,11-12H2,1-2H3/t17-,18-,21+/m1/s1. The lowest BCUT2D eigenvalue weighted by Crippen LogP contribution is -2.48. The Bertz CT molecular complexity index is 925. The summed E-state index contributed by atoms with van der Waals surface area (Å²) >= 11 is 0. The van der Waals surface area contributed by atoms with E-state index in [2.05, 4.69) is 5.16 Å². The Morgan fingerprint density at radius 1 is 1.29 bits per heavy atom. The molecule has 3 aliphatic rings. The van der Waals surface area contributed by atoms with Crippen molar-refractivity contribution in [1.29, 1.82) is 0 Å². The van der Waals surface area contributed by atoms with Crippen molar-refractivity contribution < 1.29 is 18.8 Å². The van der Waals surface area contributed by atoms with Crippen LogP contribution in [0.5, 0.6) is 0 Å². The van der Waals surface area contributed by atoms with Crippen molar-refractivity contribution in [2.45, 2.75) is 50.5 Å². The fourth-order valence-corrected chi connectivity index (χ4v) is 4.72. The van der Waals surface area contributed by atoms with Crippen molar-refractivity contribution in [2.75, 3.05) is 13.1 Å². The summed E-state index contributed by atoms with van der Waals surface area (Å²) < 4.78 is 11.8. The fourth-order valence-electron chi connectivity index (χ4n) is 4.72. The molecule has 0 aliphatic carbocycles. The maximum absolute atomic E-state index is 13.1. The highest BCUT2D eigenvalue weighted by atomic mass is 16.5. The van der Waals surface area contributed by atoms with Crippen LogP contribution in [0.15, 0.2) is 40.9 Å². The molecule has 3 saturated heterocycles. The average Bonchev–Trinajstić information content (AvgIpc) is 3.43. The van der Waals surface area contributed by atoms with Crippen LogP contribution in [0, 0.1) is 0 Å². The largest absolute Gasteiger partial charge is 0.360 e. The van der Waals surface area contributed by atoms with E-state index in [0.717, 1.165) is 5.56 Å². The molecule has 3 aliphatic heterocycles. The van der Waals surface area contributed by atoms with Crippen LogP contribution in [-0.2, 0) is 9.53 Å². The Kier molecular flexibility index (Phi) is 3.84. The van der Waals surface area contributed by atoms with Gasteiger partial charge in [-0.3, -0.25) is 9.59 Å². The van der Waals surface area contributed by atoms with Gasteiger partial charge in [0, 0.05) is 24.9 Å². The molecular weight excluding hydrogens is 358 g/mol. The Morgan fingerprint density at radius 3 is 2.79 bits per heavy atom. The molecule has 0 saturated carbocycles. The van der Waals surface area contributed by atoms with Gasteiger partial charge in [0.05, 0.1) is 19.0 Å². The van der Waals surface area contributed by atoms with Gasteiger partial charge in [-0.1, -0.05) is 49.3 Å². The van der Waals surface area contributed by atoms with Crippen LogP contribution in [0.25, 0.3) is 0 Å². The summed E-state index contributed by atoms with van der Waals surface area (Å²) in [6.45, 7) is 5.05. The van der Waals surface area contributed by atoms with Gasteiger partial charge in [-0.05, 0) is 5.56 Å². The second-order valence-electron chi connectivity index (χ2n) is 8.10. The molecule has 28 heavy (non-hydrogen) atoms. The molecule has 5 rings (SSSR count). The van der Waals surface area contributed by atoms with E-state index in [1.807, 2.05) is 49.1 Å². The first-order valence-electron chi connectivity index (χ1n) is 9.80. The summed E-state index contributed by atoms with van der Waals surface area (Å²) in [5.41, 5.74) is 0.627. The predicted octanol–water partition coefficient (Wildman–Crippen LogP) is 2.71. The number of hydrogen-bond acceptors (Lipinski definition) is 5. The van der Waals surface area contributed by atoms with E-state index < -0.39 is 5.72 Å². The molecule has 0 bridgehead atoms. The van der Waals surface area contributed by atoms with Crippen molar-refractivity contribution in [3.05, 3.63) is 53.4 Å². The molecule has 7 heteroatoms. The Balaban J connectivity index is 1.42. The molecule has 146 valence electrons. The second kappa shape index (κ2) is 6.17. The molecule has 7 nitrogen and oxygen atoms in total. The highest BCUT2D eigenvalue weighted by Gasteiger charge is 2.65. The third kappa shape index (κ3) is 2.42. The first-order chi connectivity index (χ1) is 13.5. The fraction of sp³-hybridized carbons (Fsp3) is 0.476. The van der Waals surface area contributed by atoms with E-state index in [-0.39, 0.29) is 29.9 Å². The number of likely N-dealkylation sites (tertiary alicyclic amines) is 1. The van der Waals surface area contributed by atoms with E-state index in [4.69, 9.17) is 9.26 Å². The molecule has 2 amide bonds. The molecule has 3 fully saturated rings. The summed E-state index contributed by atoms with van der Waals surface area (Å²) in [6.07, 6.45) is 0.748. The number of nitrogens with zero attached hydrogens (tertiary/aromatic N) is 3. The maximum atomic E-state index is 13.1. The minimum Gasteiger partial charge on any atom is -0.360 e. The number of carbonyl (C=O) groups excluding carboxylic acids is 2.